The third-order valence-electron chi connectivity index (χ3n) is 5.36. The molecule has 2 aliphatic heterocycles. The Labute approximate surface area is 189 Å². The van der Waals surface area contributed by atoms with E-state index in [1.54, 1.807) is 32.9 Å². The smallest absolute Gasteiger partial charge is 0.410 e. The summed E-state index contributed by atoms with van der Waals surface area (Å²) in [5.74, 6) is -3.73. The molecular formula is C22H27BrF2N2O4. The van der Waals surface area contributed by atoms with Gasteiger partial charge in [0.05, 0.1) is 25.3 Å². The fourth-order valence-electron chi connectivity index (χ4n) is 3.79. The summed E-state index contributed by atoms with van der Waals surface area (Å²) < 4.78 is 47.2. The molecule has 0 aliphatic carbocycles. The van der Waals surface area contributed by atoms with Crippen LogP contribution in [0.4, 0.5) is 13.6 Å². The molecule has 0 bridgehead atoms. The van der Waals surface area contributed by atoms with E-state index in [0.29, 0.717) is 41.0 Å². The van der Waals surface area contributed by atoms with Crippen molar-refractivity contribution in [1.29, 1.82) is 5.26 Å². The highest BCUT2D eigenvalue weighted by molar-refractivity contribution is 9.10. The Balaban J connectivity index is 1.79. The molecule has 1 unspecified atom stereocenters. The molecule has 2 atom stereocenters. The van der Waals surface area contributed by atoms with Crippen molar-refractivity contribution >= 4 is 22.0 Å². The van der Waals surface area contributed by atoms with Gasteiger partial charge in [-0.15, -0.1) is 0 Å². The van der Waals surface area contributed by atoms with Crippen LogP contribution in [0.5, 0.6) is 5.75 Å². The van der Waals surface area contributed by atoms with Crippen molar-refractivity contribution in [2.45, 2.75) is 57.7 Å². The summed E-state index contributed by atoms with van der Waals surface area (Å²) in [6.45, 7) is 5.56. The number of piperidine rings is 1. The molecule has 0 N–H and O–H groups in total. The van der Waals surface area contributed by atoms with Crippen molar-refractivity contribution < 1.29 is 27.8 Å². The van der Waals surface area contributed by atoms with Crippen LogP contribution in [0.2, 0.25) is 0 Å². The highest BCUT2D eigenvalue weighted by Gasteiger charge is 2.47. The first-order valence-corrected chi connectivity index (χ1v) is 11.1. The van der Waals surface area contributed by atoms with Gasteiger partial charge in [-0.3, -0.25) is 0 Å². The Morgan fingerprint density at radius 3 is 2.71 bits per heavy atom. The number of benzene rings is 1. The molecule has 2 saturated heterocycles. The lowest BCUT2D eigenvalue weighted by Gasteiger charge is -2.39. The van der Waals surface area contributed by atoms with Crippen LogP contribution in [-0.4, -0.2) is 54.9 Å². The van der Waals surface area contributed by atoms with Crippen LogP contribution in [0.1, 0.15) is 44.7 Å². The van der Waals surface area contributed by atoms with E-state index in [9.17, 15) is 10.1 Å². The fourth-order valence-corrected chi connectivity index (χ4v) is 4.25. The predicted octanol–water partition coefficient (Wildman–Crippen LogP) is 4.92. The van der Waals surface area contributed by atoms with Gasteiger partial charge >= 0.3 is 6.09 Å². The second-order valence-electron chi connectivity index (χ2n) is 8.97. The van der Waals surface area contributed by atoms with Crippen LogP contribution in [-0.2, 0) is 15.9 Å². The normalized spacial score (nSPS) is 23.3. The summed E-state index contributed by atoms with van der Waals surface area (Å²) in [5.41, 5.74) is -0.00167. The van der Waals surface area contributed by atoms with Crippen molar-refractivity contribution in [3.63, 3.8) is 0 Å². The summed E-state index contributed by atoms with van der Waals surface area (Å²) in [4.78, 5) is 13.3. The Hall–Kier alpha value is -1.92. The van der Waals surface area contributed by atoms with Crippen LogP contribution in [0.3, 0.4) is 0 Å². The number of carbonyl (C=O) groups excluding carboxylic acids is 1. The SMILES string of the molecule is CC(C)(C)OC(=O)N1CCC(Cc2c(O[C@H]3CCOC3)ccc(Br)c2C#N)C(F)(F)C1. The minimum Gasteiger partial charge on any atom is -0.488 e. The molecule has 170 valence electrons. The summed E-state index contributed by atoms with van der Waals surface area (Å²) in [6, 6.07) is 5.50. The van der Waals surface area contributed by atoms with Crippen molar-refractivity contribution in [3.8, 4) is 11.8 Å². The van der Waals surface area contributed by atoms with Crippen molar-refractivity contribution in [2.75, 3.05) is 26.3 Å². The third-order valence-corrected chi connectivity index (χ3v) is 6.02. The van der Waals surface area contributed by atoms with Crippen LogP contribution in [0.25, 0.3) is 0 Å². The Morgan fingerprint density at radius 2 is 2.13 bits per heavy atom. The molecule has 0 spiro atoms. The second-order valence-corrected chi connectivity index (χ2v) is 9.82. The van der Waals surface area contributed by atoms with Gasteiger partial charge in [-0.05, 0) is 61.7 Å². The van der Waals surface area contributed by atoms with Gasteiger partial charge in [0.25, 0.3) is 5.92 Å². The van der Waals surface area contributed by atoms with Crippen molar-refractivity contribution in [3.05, 3.63) is 27.7 Å². The standard InChI is InChI=1S/C22H27BrF2N2O4/c1-21(2,3)31-20(28)27-8-6-14(22(24,25)13-27)10-16-17(11-26)18(23)4-5-19(16)30-15-7-9-29-12-15/h4-5,14-15H,6-10,12-13H2,1-3H3/t14?,15-/m0/s1. The summed E-state index contributed by atoms with van der Waals surface area (Å²) in [5, 5.41) is 9.65. The molecule has 2 aliphatic rings. The maximum absolute atomic E-state index is 15.1. The lowest BCUT2D eigenvalue weighted by Crippen LogP contribution is -2.52. The largest absolute Gasteiger partial charge is 0.488 e. The Kier molecular flexibility index (Phi) is 7.11. The van der Waals surface area contributed by atoms with Gasteiger partial charge in [-0.2, -0.15) is 5.26 Å². The molecular weight excluding hydrogens is 474 g/mol. The molecule has 3 rings (SSSR count). The quantitative estimate of drug-likeness (QED) is 0.586. The first kappa shape index (κ1) is 23.7. The van der Waals surface area contributed by atoms with E-state index in [-0.39, 0.29) is 25.5 Å². The van der Waals surface area contributed by atoms with Gasteiger partial charge in [0.1, 0.15) is 23.5 Å². The number of amides is 1. The number of carbonyl (C=O) groups is 1. The molecule has 2 fully saturated rings. The number of rotatable bonds is 4. The molecule has 0 radical (unpaired) electrons. The Bertz CT molecular complexity index is 860. The molecule has 1 amide bonds. The van der Waals surface area contributed by atoms with Gasteiger partial charge in [-0.1, -0.05) is 0 Å². The van der Waals surface area contributed by atoms with Gasteiger partial charge in [0, 0.05) is 28.9 Å². The highest BCUT2D eigenvalue weighted by atomic mass is 79.9. The number of ether oxygens (including phenoxy) is 3. The van der Waals surface area contributed by atoms with Gasteiger partial charge in [-0.25, -0.2) is 13.6 Å². The molecule has 1 aromatic carbocycles. The topological polar surface area (TPSA) is 71.8 Å². The van der Waals surface area contributed by atoms with Crippen molar-refractivity contribution in [2.24, 2.45) is 5.92 Å². The molecule has 2 heterocycles. The van der Waals surface area contributed by atoms with E-state index < -0.39 is 30.1 Å². The maximum Gasteiger partial charge on any atom is 0.410 e. The number of nitriles is 1. The minimum absolute atomic E-state index is 0.0274. The highest BCUT2D eigenvalue weighted by Crippen LogP contribution is 2.40. The van der Waals surface area contributed by atoms with E-state index >= 15 is 8.78 Å². The summed E-state index contributed by atoms with van der Waals surface area (Å²) in [6.07, 6.45) is -0.130. The number of hydrogen-bond donors (Lipinski definition) is 0. The number of alkyl halides is 2. The monoisotopic (exact) mass is 500 g/mol. The number of halogens is 3. The molecule has 9 heteroatoms. The van der Waals surface area contributed by atoms with E-state index in [0.717, 1.165) is 4.90 Å². The second kappa shape index (κ2) is 9.29. The van der Waals surface area contributed by atoms with Crippen LogP contribution >= 0.6 is 15.9 Å². The number of nitrogens with zero attached hydrogens (tertiary/aromatic N) is 2. The van der Waals surface area contributed by atoms with Crippen LogP contribution in [0.15, 0.2) is 16.6 Å². The number of likely N-dealkylation sites (tertiary alicyclic amines) is 1. The molecule has 0 saturated carbocycles. The van der Waals surface area contributed by atoms with Crippen molar-refractivity contribution in [1.82, 2.24) is 4.90 Å². The first-order valence-electron chi connectivity index (χ1n) is 10.3. The van der Waals surface area contributed by atoms with Crippen LogP contribution in [0, 0.1) is 17.2 Å². The van der Waals surface area contributed by atoms with E-state index in [2.05, 4.69) is 22.0 Å². The predicted molar refractivity (Wildman–Crippen MR) is 113 cm³/mol. The zero-order valence-corrected chi connectivity index (χ0v) is 19.5. The van der Waals surface area contributed by atoms with Crippen LogP contribution < -0.4 is 4.74 Å². The zero-order chi connectivity index (χ0) is 22.8. The average Bonchev–Trinajstić information content (AvgIpc) is 3.17. The lowest BCUT2D eigenvalue weighted by molar-refractivity contribution is -0.110. The zero-order valence-electron chi connectivity index (χ0n) is 17.9. The average molecular weight is 501 g/mol. The number of hydrogen-bond acceptors (Lipinski definition) is 5. The molecule has 1 aromatic rings. The third kappa shape index (κ3) is 5.86. The molecule has 31 heavy (non-hydrogen) atoms. The maximum atomic E-state index is 15.1. The minimum atomic E-state index is -3.13. The first-order chi connectivity index (χ1) is 14.5. The van der Waals surface area contributed by atoms with Gasteiger partial charge < -0.3 is 19.1 Å². The van der Waals surface area contributed by atoms with E-state index in [1.165, 1.54) is 0 Å². The van der Waals surface area contributed by atoms with Gasteiger partial charge in [0.2, 0.25) is 0 Å². The van der Waals surface area contributed by atoms with E-state index in [1.807, 2.05) is 0 Å². The lowest BCUT2D eigenvalue weighted by atomic mass is 9.85. The van der Waals surface area contributed by atoms with E-state index in [4.69, 9.17) is 14.2 Å². The molecule has 0 aromatic heterocycles. The fraction of sp³-hybridized carbons (Fsp3) is 0.636. The summed E-state index contributed by atoms with van der Waals surface area (Å²) >= 11 is 3.34. The van der Waals surface area contributed by atoms with Gasteiger partial charge in [0.15, 0.2) is 0 Å². The molecule has 6 nitrogen and oxygen atoms in total. The summed E-state index contributed by atoms with van der Waals surface area (Å²) in [7, 11) is 0. The Morgan fingerprint density at radius 1 is 1.39 bits per heavy atom.